The van der Waals surface area contributed by atoms with E-state index in [1.165, 1.54) is 0 Å². The smallest absolute Gasteiger partial charge is 0.410 e. The third-order valence-electron chi connectivity index (χ3n) is 4.00. The maximum atomic E-state index is 12.4. The molecule has 2 rings (SSSR count). The molecular weight excluding hydrogens is 278 g/mol. The van der Waals surface area contributed by atoms with E-state index in [0.29, 0.717) is 13.0 Å². The summed E-state index contributed by atoms with van der Waals surface area (Å²) in [4.78, 5) is 14.1. The standard InChI is InChI=1S/C18H27NO3/c1-17(2,3)22-16(20)19-12-8-11-15(19)18(4,21)13-14-9-6-5-7-10-14/h5-7,9-10,15,21H,8,11-13H2,1-4H3/t15-,18+/m0/s1. The summed E-state index contributed by atoms with van der Waals surface area (Å²) < 4.78 is 5.47. The Morgan fingerprint density at radius 2 is 1.91 bits per heavy atom. The lowest BCUT2D eigenvalue weighted by Gasteiger charge is -2.37. The van der Waals surface area contributed by atoms with E-state index in [-0.39, 0.29) is 12.1 Å². The molecule has 1 aromatic rings. The Labute approximate surface area is 133 Å². The van der Waals surface area contributed by atoms with E-state index >= 15 is 0 Å². The summed E-state index contributed by atoms with van der Waals surface area (Å²) in [6, 6.07) is 9.68. The molecule has 0 aromatic heterocycles. The Morgan fingerprint density at radius 3 is 2.50 bits per heavy atom. The first-order valence-corrected chi connectivity index (χ1v) is 7.95. The van der Waals surface area contributed by atoms with Crippen molar-refractivity contribution in [1.29, 1.82) is 0 Å². The average Bonchev–Trinajstić information content (AvgIpc) is 2.87. The molecular formula is C18H27NO3. The van der Waals surface area contributed by atoms with Crippen LogP contribution >= 0.6 is 0 Å². The zero-order chi connectivity index (χ0) is 16.4. The highest BCUT2D eigenvalue weighted by Gasteiger charge is 2.42. The molecule has 0 saturated carbocycles. The Hall–Kier alpha value is -1.55. The van der Waals surface area contributed by atoms with Crippen LogP contribution in [0.1, 0.15) is 46.1 Å². The third-order valence-corrected chi connectivity index (χ3v) is 4.00. The van der Waals surface area contributed by atoms with E-state index in [1.807, 2.05) is 58.0 Å². The van der Waals surface area contributed by atoms with Crippen LogP contribution in [0.3, 0.4) is 0 Å². The molecule has 1 aromatic carbocycles. The zero-order valence-electron chi connectivity index (χ0n) is 14.0. The molecule has 1 aliphatic rings. The van der Waals surface area contributed by atoms with E-state index < -0.39 is 11.2 Å². The van der Waals surface area contributed by atoms with Crippen LogP contribution in [-0.4, -0.2) is 39.9 Å². The first-order chi connectivity index (χ1) is 10.2. The van der Waals surface area contributed by atoms with Gasteiger partial charge < -0.3 is 14.7 Å². The lowest BCUT2D eigenvalue weighted by molar-refractivity contribution is -0.0333. The largest absolute Gasteiger partial charge is 0.444 e. The van der Waals surface area contributed by atoms with Crippen molar-refractivity contribution >= 4 is 6.09 Å². The number of amides is 1. The van der Waals surface area contributed by atoms with Gasteiger partial charge in [0, 0.05) is 13.0 Å². The Morgan fingerprint density at radius 1 is 1.27 bits per heavy atom. The summed E-state index contributed by atoms with van der Waals surface area (Å²) in [7, 11) is 0. The fraction of sp³-hybridized carbons (Fsp3) is 0.611. The molecule has 4 heteroatoms. The maximum Gasteiger partial charge on any atom is 0.410 e. The molecule has 0 spiro atoms. The summed E-state index contributed by atoms with van der Waals surface area (Å²) in [6.45, 7) is 8.03. The summed E-state index contributed by atoms with van der Waals surface area (Å²) >= 11 is 0. The number of rotatable bonds is 3. The van der Waals surface area contributed by atoms with Crippen molar-refractivity contribution in [2.45, 2.75) is 64.2 Å². The second-order valence-corrected chi connectivity index (χ2v) is 7.35. The number of ether oxygens (including phenoxy) is 1. The normalized spacial score (nSPS) is 21.5. The molecule has 2 atom stereocenters. The van der Waals surface area contributed by atoms with Gasteiger partial charge in [-0.05, 0) is 46.1 Å². The number of carbonyl (C=O) groups is 1. The van der Waals surface area contributed by atoms with Crippen molar-refractivity contribution in [3.63, 3.8) is 0 Å². The zero-order valence-corrected chi connectivity index (χ0v) is 14.0. The minimum atomic E-state index is -0.964. The van der Waals surface area contributed by atoms with Crippen molar-refractivity contribution in [2.24, 2.45) is 0 Å². The highest BCUT2D eigenvalue weighted by molar-refractivity contribution is 5.69. The number of hydrogen-bond acceptors (Lipinski definition) is 3. The van der Waals surface area contributed by atoms with Gasteiger partial charge in [-0.15, -0.1) is 0 Å². The van der Waals surface area contributed by atoms with Gasteiger partial charge in [-0.25, -0.2) is 4.79 Å². The number of benzene rings is 1. The lowest BCUT2D eigenvalue weighted by atomic mass is 9.87. The molecule has 0 bridgehead atoms. The van der Waals surface area contributed by atoms with Crippen LogP contribution in [-0.2, 0) is 11.2 Å². The average molecular weight is 305 g/mol. The van der Waals surface area contributed by atoms with Crippen LogP contribution < -0.4 is 0 Å². The van der Waals surface area contributed by atoms with Gasteiger partial charge in [0.15, 0.2) is 0 Å². The topological polar surface area (TPSA) is 49.8 Å². The molecule has 1 heterocycles. The van der Waals surface area contributed by atoms with Gasteiger partial charge in [-0.3, -0.25) is 0 Å². The molecule has 4 nitrogen and oxygen atoms in total. The predicted octanol–water partition coefficient (Wildman–Crippen LogP) is 3.38. The third kappa shape index (κ3) is 4.23. The van der Waals surface area contributed by atoms with Crippen molar-refractivity contribution in [2.75, 3.05) is 6.54 Å². The molecule has 0 aliphatic carbocycles. The molecule has 1 saturated heterocycles. The van der Waals surface area contributed by atoms with E-state index in [4.69, 9.17) is 4.74 Å². The molecule has 1 N–H and O–H groups in total. The van der Waals surface area contributed by atoms with Gasteiger partial charge in [-0.1, -0.05) is 30.3 Å². The molecule has 0 radical (unpaired) electrons. The van der Waals surface area contributed by atoms with Gasteiger partial charge in [-0.2, -0.15) is 0 Å². The van der Waals surface area contributed by atoms with Gasteiger partial charge >= 0.3 is 6.09 Å². The number of hydrogen-bond donors (Lipinski definition) is 1. The second kappa shape index (κ2) is 6.29. The highest BCUT2D eigenvalue weighted by atomic mass is 16.6. The summed E-state index contributed by atoms with van der Waals surface area (Å²) in [6.07, 6.45) is 1.90. The molecule has 1 fully saturated rings. The summed E-state index contributed by atoms with van der Waals surface area (Å²) in [5.41, 5.74) is -0.409. The van der Waals surface area contributed by atoms with E-state index in [1.54, 1.807) is 4.90 Å². The van der Waals surface area contributed by atoms with Crippen LogP contribution in [0, 0.1) is 0 Å². The van der Waals surface area contributed by atoms with Crippen molar-refractivity contribution in [1.82, 2.24) is 4.90 Å². The van der Waals surface area contributed by atoms with Crippen molar-refractivity contribution < 1.29 is 14.6 Å². The van der Waals surface area contributed by atoms with Gasteiger partial charge in [0.05, 0.1) is 11.6 Å². The first kappa shape index (κ1) is 16.8. The monoisotopic (exact) mass is 305 g/mol. The van der Waals surface area contributed by atoms with Gasteiger partial charge in [0.25, 0.3) is 0 Å². The molecule has 122 valence electrons. The molecule has 1 amide bonds. The summed E-state index contributed by atoms with van der Waals surface area (Å²) in [5.74, 6) is 0. The van der Waals surface area contributed by atoms with Crippen LogP contribution in [0.25, 0.3) is 0 Å². The quantitative estimate of drug-likeness (QED) is 0.931. The molecule has 0 unspecified atom stereocenters. The maximum absolute atomic E-state index is 12.4. The first-order valence-electron chi connectivity index (χ1n) is 7.95. The van der Waals surface area contributed by atoms with Crippen molar-refractivity contribution in [3.8, 4) is 0 Å². The number of aliphatic hydroxyl groups is 1. The Balaban J connectivity index is 2.10. The molecule has 22 heavy (non-hydrogen) atoms. The van der Waals surface area contributed by atoms with Crippen LogP contribution in [0.4, 0.5) is 4.79 Å². The Bertz CT molecular complexity index is 505. The predicted molar refractivity (Wildman–Crippen MR) is 86.7 cm³/mol. The fourth-order valence-electron chi connectivity index (χ4n) is 3.08. The number of nitrogens with zero attached hydrogens (tertiary/aromatic N) is 1. The number of carbonyl (C=O) groups excluding carboxylic acids is 1. The van der Waals surface area contributed by atoms with Crippen molar-refractivity contribution in [3.05, 3.63) is 35.9 Å². The van der Waals surface area contributed by atoms with Crippen LogP contribution in [0.5, 0.6) is 0 Å². The van der Waals surface area contributed by atoms with Crippen LogP contribution in [0.2, 0.25) is 0 Å². The van der Waals surface area contributed by atoms with E-state index in [9.17, 15) is 9.90 Å². The van der Waals surface area contributed by atoms with E-state index in [0.717, 1.165) is 18.4 Å². The van der Waals surface area contributed by atoms with Gasteiger partial charge in [0.1, 0.15) is 5.60 Å². The van der Waals surface area contributed by atoms with Crippen LogP contribution in [0.15, 0.2) is 30.3 Å². The number of likely N-dealkylation sites (tertiary alicyclic amines) is 1. The van der Waals surface area contributed by atoms with Gasteiger partial charge in [0.2, 0.25) is 0 Å². The minimum absolute atomic E-state index is 0.206. The second-order valence-electron chi connectivity index (χ2n) is 7.35. The molecule has 1 aliphatic heterocycles. The lowest BCUT2D eigenvalue weighted by Crippen LogP contribution is -2.52. The van der Waals surface area contributed by atoms with E-state index in [2.05, 4.69) is 0 Å². The SMILES string of the molecule is CC(C)(C)OC(=O)N1CCC[C@H]1[C@](C)(O)Cc1ccccc1. The highest BCUT2D eigenvalue weighted by Crippen LogP contribution is 2.31. The summed E-state index contributed by atoms with van der Waals surface area (Å²) in [5, 5.41) is 10.9. The Kier molecular flexibility index (Phi) is 4.81. The minimum Gasteiger partial charge on any atom is -0.444 e. The fourth-order valence-corrected chi connectivity index (χ4v) is 3.08.